The number of alkyl halides is 1. The summed E-state index contributed by atoms with van der Waals surface area (Å²) in [5.41, 5.74) is 1.83. The van der Waals surface area contributed by atoms with Gasteiger partial charge in [0.2, 0.25) is 5.91 Å². The molecule has 1 amide bonds. The van der Waals surface area contributed by atoms with Crippen molar-refractivity contribution < 1.29 is 4.79 Å². The highest BCUT2D eigenvalue weighted by molar-refractivity contribution is 6.18. The van der Waals surface area contributed by atoms with Crippen LogP contribution in [0.3, 0.4) is 0 Å². The first-order valence-electron chi connectivity index (χ1n) is 6.02. The van der Waals surface area contributed by atoms with Crippen molar-refractivity contribution in [1.82, 2.24) is 14.3 Å². The largest absolute Gasteiger partial charge is 0.336 e. The average molecular weight is 264 g/mol. The van der Waals surface area contributed by atoms with Crippen molar-refractivity contribution in [3.63, 3.8) is 0 Å². The van der Waals surface area contributed by atoms with Gasteiger partial charge in [0.1, 0.15) is 5.65 Å². The van der Waals surface area contributed by atoms with E-state index < -0.39 is 0 Å². The zero-order chi connectivity index (χ0) is 12.5. The molecule has 1 aliphatic rings. The van der Waals surface area contributed by atoms with Gasteiger partial charge in [0, 0.05) is 31.2 Å². The number of amides is 1. The average Bonchev–Trinajstić information content (AvgIpc) is 2.93. The van der Waals surface area contributed by atoms with Crippen molar-refractivity contribution in [1.29, 1.82) is 0 Å². The van der Waals surface area contributed by atoms with E-state index in [0.717, 1.165) is 17.9 Å². The molecule has 94 valence electrons. The van der Waals surface area contributed by atoms with E-state index in [1.165, 1.54) is 0 Å². The molecule has 3 heterocycles. The number of hydrogen-bond donors (Lipinski definition) is 0. The first-order chi connectivity index (χ1) is 8.76. The number of hydrogen-bond acceptors (Lipinski definition) is 2. The molecule has 5 heteroatoms. The molecule has 18 heavy (non-hydrogen) atoms. The molecule has 2 aromatic rings. The number of nitrogens with zero attached hydrogens (tertiary/aromatic N) is 3. The van der Waals surface area contributed by atoms with Crippen LogP contribution in [0.25, 0.3) is 5.65 Å². The van der Waals surface area contributed by atoms with Crippen LogP contribution in [-0.2, 0) is 11.3 Å². The Balaban J connectivity index is 1.78. The molecular weight excluding hydrogens is 250 g/mol. The van der Waals surface area contributed by atoms with Crippen LogP contribution in [0.5, 0.6) is 0 Å². The number of halogens is 1. The molecule has 0 bridgehead atoms. The lowest BCUT2D eigenvalue weighted by molar-refractivity contribution is -0.128. The van der Waals surface area contributed by atoms with Crippen molar-refractivity contribution in [3.8, 4) is 0 Å². The van der Waals surface area contributed by atoms with Gasteiger partial charge in [-0.25, -0.2) is 4.98 Å². The molecule has 1 fully saturated rings. The van der Waals surface area contributed by atoms with Crippen LogP contribution in [0, 0.1) is 5.92 Å². The van der Waals surface area contributed by atoms with Gasteiger partial charge in [-0.1, -0.05) is 6.07 Å². The molecule has 0 spiro atoms. The minimum atomic E-state index is 0.178. The van der Waals surface area contributed by atoms with E-state index in [-0.39, 0.29) is 11.8 Å². The maximum atomic E-state index is 11.8. The van der Waals surface area contributed by atoms with Crippen LogP contribution >= 0.6 is 11.6 Å². The van der Waals surface area contributed by atoms with Crippen molar-refractivity contribution in [2.24, 2.45) is 5.92 Å². The van der Waals surface area contributed by atoms with Gasteiger partial charge < -0.3 is 9.30 Å². The Hall–Kier alpha value is -1.55. The molecule has 0 radical (unpaired) electrons. The van der Waals surface area contributed by atoms with Gasteiger partial charge in [0.15, 0.2) is 0 Å². The lowest BCUT2D eigenvalue weighted by atomic mass is 10.1. The van der Waals surface area contributed by atoms with Crippen molar-refractivity contribution >= 4 is 23.2 Å². The molecule has 4 nitrogen and oxygen atoms in total. The number of pyridine rings is 1. The Morgan fingerprint density at radius 1 is 1.44 bits per heavy atom. The number of aromatic nitrogens is 2. The molecule has 1 atom stereocenters. The Bertz CT molecular complexity index is 547. The minimum absolute atomic E-state index is 0.178. The Morgan fingerprint density at radius 3 is 3.06 bits per heavy atom. The second-order valence-corrected chi connectivity index (χ2v) is 5.01. The number of imidazole rings is 1. The fourth-order valence-electron chi connectivity index (χ4n) is 2.37. The fraction of sp³-hybridized carbons (Fsp3) is 0.385. The highest BCUT2D eigenvalue weighted by atomic mass is 35.5. The van der Waals surface area contributed by atoms with Crippen molar-refractivity contribution in [3.05, 3.63) is 36.3 Å². The summed E-state index contributed by atoms with van der Waals surface area (Å²) >= 11 is 5.81. The molecular formula is C13H14ClN3O. The van der Waals surface area contributed by atoms with E-state index in [9.17, 15) is 4.79 Å². The summed E-state index contributed by atoms with van der Waals surface area (Å²) < 4.78 is 1.97. The molecule has 1 aliphatic heterocycles. The molecule has 0 saturated carbocycles. The van der Waals surface area contributed by atoms with Crippen molar-refractivity contribution in [2.75, 3.05) is 12.4 Å². The lowest BCUT2D eigenvalue weighted by Gasteiger charge is -2.14. The van der Waals surface area contributed by atoms with Crippen LogP contribution < -0.4 is 0 Å². The summed E-state index contributed by atoms with van der Waals surface area (Å²) in [5, 5.41) is 0. The van der Waals surface area contributed by atoms with Gasteiger partial charge in [-0.2, -0.15) is 0 Å². The predicted molar refractivity (Wildman–Crippen MR) is 69.4 cm³/mol. The quantitative estimate of drug-likeness (QED) is 0.794. The van der Waals surface area contributed by atoms with Crippen LogP contribution in [0.15, 0.2) is 30.6 Å². The Morgan fingerprint density at radius 2 is 2.33 bits per heavy atom. The number of rotatable bonds is 3. The van der Waals surface area contributed by atoms with Gasteiger partial charge in [0.05, 0.1) is 12.2 Å². The first-order valence-corrected chi connectivity index (χ1v) is 6.56. The third-order valence-electron chi connectivity index (χ3n) is 3.28. The maximum absolute atomic E-state index is 11.8. The second kappa shape index (κ2) is 4.61. The monoisotopic (exact) mass is 263 g/mol. The number of likely N-dealkylation sites (tertiary alicyclic amines) is 1. The normalized spacial score (nSPS) is 19.9. The van der Waals surface area contributed by atoms with E-state index >= 15 is 0 Å². The highest BCUT2D eigenvalue weighted by Crippen LogP contribution is 2.21. The predicted octanol–water partition coefficient (Wildman–Crippen LogP) is 1.92. The molecule has 1 saturated heterocycles. The number of carbonyl (C=O) groups is 1. The van der Waals surface area contributed by atoms with Gasteiger partial charge >= 0.3 is 0 Å². The zero-order valence-corrected chi connectivity index (χ0v) is 10.7. The third-order valence-corrected chi connectivity index (χ3v) is 3.72. The summed E-state index contributed by atoms with van der Waals surface area (Å²) in [4.78, 5) is 18.1. The third kappa shape index (κ3) is 2.08. The van der Waals surface area contributed by atoms with Crippen LogP contribution in [0.4, 0.5) is 0 Å². The minimum Gasteiger partial charge on any atom is -0.336 e. The second-order valence-electron chi connectivity index (χ2n) is 4.70. The molecule has 0 N–H and O–H groups in total. The van der Waals surface area contributed by atoms with Crippen LogP contribution in [-0.4, -0.2) is 32.6 Å². The van der Waals surface area contributed by atoms with E-state index in [2.05, 4.69) is 4.98 Å². The summed E-state index contributed by atoms with van der Waals surface area (Å²) in [6, 6.07) is 5.87. The van der Waals surface area contributed by atoms with Crippen LogP contribution in [0.1, 0.15) is 12.1 Å². The summed E-state index contributed by atoms with van der Waals surface area (Å²) in [5.74, 6) is 1.02. The van der Waals surface area contributed by atoms with E-state index in [4.69, 9.17) is 11.6 Å². The van der Waals surface area contributed by atoms with Gasteiger partial charge in [-0.3, -0.25) is 4.79 Å². The molecule has 2 aromatic heterocycles. The van der Waals surface area contributed by atoms with E-state index in [1.54, 1.807) is 0 Å². The zero-order valence-electron chi connectivity index (χ0n) is 9.92. The smallest absolute Gasteiger partial charge is 0.223 e. The molecule has 3 rings (SSSR count). The maximum Gasteiger partial charge on any atom is 0.223 e. The standard InChI is InChI=1S/C13H14ClN3O/c14-6-10-5-13(18)17(7-10)9-11-8-16-4-2-1-3-12(16)15-11/h1-4,8,10H,5-7,9H2. The van der Waals surface area contributed by atoms with Crippen molar-refractivity contribution in [2.45, 2.75) is 13.0 Å². The summed E-state index contributed by atoms with van der Waals surface area (Å²) in [6.45, 7) is 1.32. The summed E-state index contributed by atoms with van der Waals surface area (Å²) in [6.07, 6.45) is 4.49. The number of carbonyl (C=O) groups excluding carboxylic acids is 1. The van der Waals surface area contributed by atoms with E-state index in [1.807, 2.05) is 39.9 Å². The number of fused-ring (bicyclic) bond motifs is 1. The van der Waals surface area contributed by atoms with Gasteiger partial charge in [-0.15, -0.1) is 11.6 Å². The Labute approximate surface area is 110 Å². The molecule has 0 aromatic carbocycles. The topological polar surface area (TPSA) is 37.6 Å². The Kier molecular flexibility index (Phi) is 2.96. The fourth-order valence-corrected chi connectivity index (χ4v) is 2.58. The van der Waals surface area contributed by atoms with Crippen LogP contribution in [0.2, 0.25) is 0 Å². The molecule has 0 aliphatic carbocycles. The lowest BCUT2D eigenvalue weighted by Crippen LogP contribution is -2.24. The van der Waals surface area contributed by atoms with E-state index in [0.29, 0.717) is 18.8 Å². The SMILES string of the molecule is O=C1CC(CCl)CN1Cc1cn2ccccc2n1. The van der Waals surface area contributed by atoms with Gasteiger partial charge in [-0.05, 0) is 18.1 Å². The van der Waals surface area contributed by atoms with Gasteiger partial charge in [0.25, 0.3) is 0 Å². The first kappa shape index (κ1) is 11.5. The highest BCUT2D eigenvalue weighted by Gasteiger charge is 2.29. The summed E-state index contributed by atoms with van der Waals surface area (Å²) in [7, 11) is 0. The molecule has 1 unspecified atom stereocenters.